The third-order valence-corrected chi connectivity index (χ3v) is 1.57. The monoisotopic (exact) mass is 156 g/mol. The summed E-state index contributed by atoms with van der Waals surface area (Å²) in [4.78, 5) is 7.92. The molecule has 0 unspecified atom stereocenters. The van der Waals surface area contributed by atoms with E-state index in [4.69, 9.17) is 11.6 Å². The second-order valence-corrected chi connectivity index (χ2v) is 2.45. The zero-order valence-electron chi connectivity index (χ0n) is 5.84. The van der Waals surface area contributed by atoms with Gasteiger partial charge in [0.15, 0.2) is 0 Å². The Morgan fingerprint density at radius 3 is 3.00 bits per heavy atom. The zero-order chi connectivity index (χ0) is 7.40. The summed E-state index contributed by atoms with van der Waals surface area (Å²) >= 11 is 5.55. The highest BCUT2D eigenvalue weighted by atomic mass is 35.5. The fourth-order valence-electron chi connectivity index (χ4n) is 0.767. The molecule has 1 aromatic rings. The van der Waals surface area contributed by atoms with Gasteiger partial charge in [0.1, 0.15) is 6.33 Å². The molecule has 0 radical (unpaired) electrons. The molecule has 1 rings (SSSR count). The van der Waals surface area contributed by atoms with Gasteiger partial charge >= 0.3 is 0 Å². The maximum absolute atomic E-state index is 5.55. The molecule has 0 N–H and O–H groups in total. The van der Waals surface area contributed by atoms with Gasteiger partial charge in [0.05, 0.1) is 0 Å². The molecule has 10 heavy (non-hydrogen) atoms. The molecule has 0 aliphatic carbocycles. The van der Waals surface area contributed by atoms with E-state index in [9.17, 15) is 0 Å². The van der Waals surface area contributed by atoms with Crippen LogP contribution in [0.15, 0.2) is 12.5 Å². The molecule has 2 nitrogen and oxygen atoms in total. The molecule has 0 spiro atoms. The van der Waals surface area contributed by atoms with Crippen LogP contribution in [0, 0.1) is 6.92 Å². The van der Waals surface area contributed by atoms with Crippen molar-refractivity contribution in [3.8, 4) is 0 Å². The Balaban J connectivity index is 2.81. The summed E-state index contributed by atoms with van der Waals surface area (Å²) in [5.41, 5.74) is 2.16. The largest absolute Gasteiger partial charge is 0.245 e. The Kier molecular flexibility index (Phi) is 2.63. The normalized spacial score (nSPS) is 9.80. The van der Waals surface area contributed by atoms with Gasteiger partial charge in [0.2, 0.25) is 0 Å². The lowest BCUT2D eigenvalue weighted by atomic mass is 10.2. The van der Waals surface area contributed by atoms with Crippen molar-refractivity contribution in [1.29, 1.82) is 0 Å². The Labute approximate surface area is 65.3 Å². The summed E-state index contributed by atoms with van der Waals surface area (Å²) in [5.74, 6) is 0.633. The van der Waals surface area contributed by atoms with E-state index in [-0.39, 0.29) is 0 Å². The van der Waals surface area contributed by atoms with Crippen LogP contribution in [-0.4, -0.2) is 15.8 Å². The van der Waals surface area contributed by atoms with Gasteiger partial charge in [-0.2, -0.15) is 0 Å². The fourth-order valence-corrected chi connectivity index (χ4v) is 0.970. The van der Waals surface area contributed by atoms with E-state index in [1.165, 1.54) is 0 Å². The third-order valence-electron chi connectivity index (χ3n) is 1.38. The number of hydrogen-bond acceptors (Lipinski definition) is 2. The van der Waals surface area contributed by atoms with Gasteiger partial charge in [0.25, 0.3) is 0 Å². The first-order valence-electron chi connectivity index (χ1n) is 3.16. The predicted molar refractivity (Wildman–Crippen MR) is 41.2 cm³/mol. The summed E-state index contributed by atoms with van der Waals surface area (Å²) < 4.78 is 0. The van der Waals surface area contributed by atoms with E-state index in [0.717, 1.165) is 17.7 Å². The van der Waals surface area contributed by atoms with E-state index in [1.54, 1.807) is 6.33 Å². The van der Waals surface area contributed by atoms with Crippen molar-refractivity contribution >= 4 is 11.6 Å². The van der Waals surface area contributed by atoms with Crippen LogP contribution in [0.5, 0.6) is 0 Å². The first-order valence-corrected chi connectivity index (χ1v) is 3.69. The minimum atomic E-state index is 0.633. The molecule has 0 fully saturated rings. The van der Waals surface area contributed by atoms with Crippen LogP contribution in [0.1, 0.15) is 11.3 Å². The molecule has 0 saturated heterocycles. The van der Waals surface area contributed by atoms with Crippen LogP contribution >= 0.6 is 11.6 Å². The standard InChI is InChI=1S/C7H9ClN2/c1-6-7(2-3-8)4-9-5-10-6/h4-5H,2-3H2,1H3. The molecule has 0 aliphatic rings. The average molecular weight is 157 g/mol. The van der Waals surface area contributed by atoms with Gasteiger partial charge in [-0.15, -0.1) is 11.6 Å². The van der Waals surface area contributed by atoms with Crippen molar-refractivity contribution in [2.24, 2.45) is 0 Å². The Hall–Kier alpha value is -0.630. The van der Waals surface area contributed by atoms with Crippen LogP contribution < -0.4 is 0 Å². The number of halogens is 1. The van der Waals surface area contributed by atoms with Crippen molar-refractivity contribution in [2.75, 3.05) is 5.88 Å². The van der Waals surface area contributed by atoms with Crippen LogP contribution in [0.4, 0.5) is 0 Å². The summed E-state index contributed by atoms with van der Waals surface area (Å²) in [6.07, 6.45) is 4.21. The SMILES string of the molecule is Cc1ncncc1CCCl. The van der Waals surface area contributed by atoms with Gasteiger partial charge in [-0.25, -0.2) is 9.97 Å². The van der Waals surface area contributed by atoms with Crippen LogP contribution in [0.3, 0.4) is 0 Å². The molecule has 1 heterocycles. The third kappa shape index (κ3) is 1.67. The lowest BCUT2D eigenvalue weighted by molar-refractivity contribution is 0.998. The van der Waals surface area contributed by atoms with Gasteiger partial charge < -0.3 is 0 Å². The van der Waals surface area contributed by atoms with Gasteiger partial charge in [-0.1, -0.05) is 0 Å². The molecule has 0 amide bonds. The highest BCUT2D eigenvalue weighted by Crippen LogP contribution is 2.02. The second kappa shape index (κ2) is 3.52. The molecule has 0 aliphatic heterocycles. The maximum atomic E-state index is 5.55. The fraction of sp³-hybridized carbons (Fsp3) is 0.429. The van der Waals surface area contributed by atoms with Crippen molar-refractivity contribution in [1.82, 2.24) is 9.97 Å². The molecule has 0 saturated carbocycles. The Bertz CT molecular complexity index is 213. The number of alkyl halides is 1. The van der Waals surface area contributed by atoms with Crippen LogP contribution in [0.25, 0.3) is 0 Å². The van der Waals surface area contributed by atoms with Crippen molar-refractivity contribution in [3.63, 3.8) is 0 Å². The highest BCUT2D eigenvalue weighted by Gasteiger charge is 1.95. The van der Waals surface area contributed by atoms with E-state index >= 15 is 0 Å². The Morgan fingerprint density at radius 2 is 2.40 bits per heavy atom. The zero-order valence-corrected chi connectivity index (χ0v) is 6.60. The first-order chi connectivity index (χ1) is 4.84. The van der Waals surface area contributed by atoms with Gasteiger partial charge in [-0.05, 0) is 18.9 Å². The lowest BCUT2D eigenvalue weighted by Gasteiger charge is -1.98. The molecule has 54 valence electrons. The summed E-state index contributed by atoms with van der Waals surface area (Å²) in [6.45, 7) is 1.96. The number of aromatic nitrogens is 2. The van der Waals surface area contributed by atoms with Crippen molar-refractivity contribution < 1.29 is 0 Å². The molecule has 0 atom stereocenters. The minimum absolute atomic E-state index is 0.633. The smallest absolute Gasteiger partial charge is 0.115 e. The van der Waals surface area contributed by atoms with E-state index in [2.05, 4.69) is 9.97 Å². The first kappa shape index (κ1) is 7.48. The van der Waals surface area contributed by atoms with E-state index in [1.807, 2.05) is 13.1 Å². The molecular formula is C7H9ClN2. The van der Waals surface area contributed by atoms with Crippen LogP contribution in [0.2, 0.25) is 0 Å². The van der Waals surface area contributed by atoms with Crippen molar-refractivity contribution in [2.45, 2.75) is 13.3 Å². The second-order valence-electron chi connectivity index (χ2n) is 2.07. The highest BCUT2D eigenvalue weighted by molar-refractivity contribution is 6.17. The van der Waals surface area contributed by atoms with E-state index < -0.39 is 0 Å². The van der Waals surface area contributed by atoms with Gasteiger partial charge in [-0.3, -0.25) is 0 Å². The summed E-state index contributed by atoms with van der Waals surface area (Å²) in [5, 5.41) is 0. The number of hydrogen-bond donors (Lipinski definition) is 0. The number of aryl methyl sites for hydroxylation is 2. The van der Waals surface area contributed by atoms with Gasteiger partial charge in [0, 0.05) is 17.8 Å². The van der Waals surface area contributed by atoms with E-state index in [0.29, 0.717) is 5.88 Å². The molecule has 3 heteroatoms. The summed E-state index contributed by atoms with van der Waals surface area (Å²) in [7, 11) is 0. The molecule has 0 bridgehead atoms. The van der Waals surface area contributed by atoms with Crippen LogP contribution in [-0.2, 0) is 6.42 Å². The average Bonchev–Trinajstić information content (AvgIpc) is 1.94. The Morgan fingerprint density at radius 1 is 1.60 bits per heavy atom. The van der Waals surface area contributed by atoms with Crippen molar-refractivity contribution in [3.05, 3.63) is 23.8 Å². The summed E-state index contributed by atoms with van der Waals surface area (Å²) in [6, 6.07) is 0. The molecule has 0 aromatic carbocycles. The quantitative estimate of drug-likeness (QED) is 0.608. The molecular weight excluding hydrogens is 148 g/mol. The lowest BCUT2D eigenvalue weighted by Crippen LogP contribution is -1.94. The number of nitrogens with zero attached hydrogens (tertiary/aromatic N) is 2. The topological polar surface area (TPSA) is 25.8 Å². The predicted octanol–water partition coefficient (Wildman–Crippen LogP) is 1.57. The number of rotatable bonds is 2. The maximum Gasteiger partial charge on any atom is 0.115 e. The molecule has 1 aromatic heterocycles. The minimum Gasteiger partial charge on any atom is -0.245 e.